The molecule has 0 bridgehead atoms. The molecule has 1 fully saturated rings. The van der Waals surface area contributed by atoms with E-state index in [2.05, 4.69) is 10.5 Å². The Kier molecular flexibility index (Phi) is 2.15. The van der Waals surface area contributed by atoms with Crippen LogP contribution in [0.25, 0.3) is 0 Å². The Morgan fingerprint density at radius 2 is 2.57 bits per heavy atom. The second-order valence-electron chi connectivity index (χ2n) is 1.56. The van der Waals surface area contributed by atoms with E-state index in [-0.39, 0.29) is 21.5 Å². The molecule has 0 amide bonds. The topological polar surface area (TPSA) is 32.3 Å². The van der Waals surface area contributed by atoms with E-state index in [1.165, 1.54) is 0 Å². The van der Waals surface area contributed by atoms with Crippen molar-refractivity contribution in [1.29, 1.82) is 0 Å². The molecule has 1 saturated heterocycles. The van der Waals surface area contributed by atoms with Crippen molar-refractivity contribution >= 4 is 0 Å². The minimum atomic E-state index is -0.466. The van der Waals surface area contributed by atoms with Crippen LogP contribution < -0.4 is 46.6 Å². The van der Waals surface area contributed by atoms with E-state index in [1.807, 2.05) is 0 Å². The van der Waals surface area contributed by atoms with Gasteiger partial charge in [0.15, 0.2) is 0 Å². The summed E-state index contributed by atoms with van der Waals surface area (Å²) in [5.41, 5.74) is 0. The maximum absolute atomic E-state index is 8.74. The summed E-state index contributed by atoms with van der Waals surface area (Å²) in [6, 6.07) is 0. The van der Waals surface area contributed by atoms with Crippen LogP contribution in [-0.4, -0.2) is 11.4 Å². The normalized spacial score (nSPS) is 42.0. The monoisotopic (exact) mass is 327 g/mol. The van der Waals surface area contributed by atoms with Crippen LogP contribution in [0.4, 0.5) is 0 Å². The SMILES string of the molecule is CC1([I-]O)CN[I-]1. The van der Waals surface area contributed by atoms with Crippen molar-refractivity contribution in [3.05, 3.63) is 0 Å². The van der Waals surface area contributed by atoms with Crippen molar-refractivity contribution in [2.24, 2.45) is 0 Å². The maximum atomic E-state index is 8.74. The van der Waals surface area contributed by atoms with Gasteiger partial charge in [0.05, 0.1) is 0 Å². The van der Waals surface area contributed by atoms with Crippen LogP contribution in [0.5, 0.6) is 0 Å². The summed E-state index contributed by atoms with van der Waals surface area (Å²) >= 11 is -0.275. The summed E-state index contributed by atoms with van der Waals surface area (Å²) in [7, 11) is 0. The summed E-state index contributed by atoms with van der Waals surface area (Å²) in [4.78, 5) is 0. The Morgan fingerprint density at radius 1 is 2.00 bits per heavy atom. The molecule has 0 spiro atoms. The van der Waals surface area contributed by atoms with Crippen molar-refractivity contribution < 1.29 is 46.5 Å². The third kappa shape index (κ3) is 1.39. The fraction of sp³-hybridized carbons (Fsp3) is 1.00. The number of hydrogen-bond acceptors (Lipinski definition) is 2. The van der Waals surface area contributed by atoms with E-state index >= 15 is 0 Å². The summed E-state index contributed by atoms with van der Waals surface area (Å²) < 4.78 is 12.4. The van der Waals surface area contributed by atoms with Gasteiger partial charge in [-0.05, 0) is 0 Å². The summed E-state index contributed by atoms with van der Waals surface area (Å²) in [6.45, 7) is 3.24. The van der Waals surface area contributed by atoms with Gasteiger partial charge in [0.1, 0.15) is 0 Å². The van der Waals surface area contributed by atoms with Crippen molar-refractivity contribution in [2.45, 2.75) is 8.35 Å². The molecule has 1 unspecified atom stereocenters. The molecule has 7 heavy (non-hydrogen) atoms. The third-order valence-electron chi connectivity index (χ3n) is 0.817. The van der Waals surface area contributed by atoms with E-state index in [9.17, 15) is 0 Å². The van der Waals surface area contributed by atoms with Crippen molar-refractivity contribution in [1.82, 2.24) is 3.53 Å². The molecule has 0 radical (unpaired) electrons. The third-order valence-corrected chi connectivity index (χ3v) is 7.06. The molecule has 0 aliphatic carbocycles. The van der Waals surface area contributed by atoms with E-state index in [4.69, 9.17) is 3.44 Å². The molecule has 1 atom stereocenters. The van der Waals surface area contributed by atoms with Crippen LogP contribution >= 0.6 is 0 Å². The van der Waals surface area contributed by atoms with Gasteiger partial charge in [-0.15, -0.1) is 0 Å². The van der Waals surface area contributed by atoms with Gasteiger partial charge in [-0.25, -0.2) is 0 Å². The van der Waals surface area contributed by atoms with Crippen LogP contribution in [-0.2, 0) is 0 Å². The summed E-state index contributed by atoms with van der Waals surface area (Å²) in [6.07, 6.45) is 0. The predicted octanol–water partition coefficient (Wildman–Crippen LogP) is -6.69. The fourth-order valence-corrected chi connectivity index (χ4v) is 4.54. The standard InChI is InChI=1S/C3H7I2NO/c1-3(5-7)2-6-4-3/h6-7H,2H2,1H3/q-2. The van der Waals surface area contributed by atoms with E-state index < -0.39 is 21.6 Å². The molecule has 4 heteroatoms. The van der Waals surface area contributed by atoms with E-state index in [0.29, 0.717) is 1.43 Å². The van der Waals surface area contributed by atoms with Gasteiger partial charge in [-0.3, -0.25) is 0 Å². The Labute approximate surface area is 64.5 Å². The number of nitrogens with one attached hydrogen (secondary N) is 1. The van der Waals surface area contributed by atoms with Gasteiger partial charge >= 0.3 is 65.0 Å². The Hall–Kier alpha value is 1.38. The molecule has 46 valence electrons. The molecule has 0 aromatic carbocycles. The number of alkyl halides is 2. The number of halogens is 2. The minimum absolute atomic E-state index is 0.190. The molecule has 0 aromatic rings. The van der Waals surface area contributed by atoms with Gasteiger partial charge in [0, 0.05) is 0 Å². The zero-order valence-electron chi connectivity index (χ0n) is 3.91. The quantitative estimate of drug-likeness (QED) is 0.285. The molecule has 1 rings (SSSR count). The summed E-state index contributed by atoms with van der Waals surface area (Å²) in [5, 5.41) is 0. The second kappa shape index (κ2) is 2.32. The fourth-order valence-electron chi connectivity index (χ4n) is 0.297. The van der Waals surface area contributed by atoms with Crippen LogP contribution in [0, 0.1) is 0 Å². The second-order valence-corrected chi connectivity index (χ2v) is 10.2. The Morgan fingerprint density at radius 3 is 2.57 bits per heavy atom. The molecular weight excluding hydrogens is 320 g/mol. The Bertz CT molecular complexity index is 67.8. The Balaban J connectivity index is 2.29. The zero-order chi connectivity index (χ0) is 5.33. The van der Waals surface area contributed by atoms with Crippen LogP contribution in [0.3, 0.4) is 0 Å². The van der Waals surface area contributed by atoms with Gasteiger partial charge < -0.3 is 0 Å². The first-order chi connectivity index (χ1) is 3.27. The molecule has 1 aliphatic heterocycles. The van der Waals surface area contributed by atoms with Crippen molar-refractivity contribution in [3.63, 3.8) is 0 Å². The van der Waals surface area contributed by atoms with Crippen molar-refractivity contribution in [3.8, 4) is 0 Å². The van der Waals surface area contributed by atoms with Gasteiger partial charge in [-0.1, -0.05) is 0 Å². The van der Waals surface area contributed by atoms with Gasteiger partial charge in [0.25, 0.3) is 0 Å². The first-order valence-electron chi connectivity index (χ1n) is 1.94. The zero-order valence-corrected chi connectivity index (χ0v) is 8.23. The molecule has 2 nitrogen and oxygen atoms in total. The van der Waals surface area contributed by atoms with Crippen molar-refractivity contribution in [2.75, 3.05) is 6.54 Å². The average Bonchev–Trinajstić information content (AvgIpc) is 1.61. The first-order valence-corrected chi connectivity index (χ1v) is 6.14. The average molecular weight is 327 g/mol. The molecule has 1 aliphatic rings. The number of rotatable bonds is 1. The van der Waals surface area contributed by atoms with E-state index in [1.54, 1.807) is 0 Å². The van der Waals surface area contributed by atoms with Crippen LogP contribution in [0.1, 0.15) is 6.92 Å². The number of hydrogen-bond donors (Lipinski definition) is 2. The molecule has 0 aromatic heterocycles. The van der Waals surface area contributed by atoms with Gasteiger partial charge in [0.2, 0.25) is 0 Å². The van der Waals surface area contributed by atoms with Gasteiger partial charge in [-0.2, -0.15) is 0 Å². The van der Waals surface area contributed by atoms with E-state index in [0.717, 1.165) is 6.54 Å². The first kappa shape index (κ1) is 6.50. The molecular formula is C3H7I2NO-2. The van der Waals surface area contributed by atoms with Crippen LogP contribution in [0.2, 0.25) is 0 Å². The van der Waals surface area contributed by atoms with Crippen LogP contribution in [0.15, 0.2) is 0 Å². The molecule has 1 heterocycles. The molecule has 0 saturated carbocycles. The predicted molar refractivity (Wildman–Crippen MR) is 18.6 cm³/mol. The summed E-state index contributed by atoms with van der Waals surface area (Å²) in [5.74, 6) is 0. The molecule has 2 N–H and O–H groups in total.